The third kappa shape index (κ3) is 6.88. The Balaban J connectivity index is 0.00000341. The van der Waals surface area contributed by atoms with E-state index < -0.39 is 0 Å². The smallest absolute Gasteiger partial charge is 0.251 e. The summed E-state index contributed by atoms with van der Waals surface area (Å²) >= 11 is 0. The molecule has 166 valence electrons. The van der Waals surface area contributed by atoms with Crippen molar-refractivity contribution in [1.29, 1.82) is 0 Å². The van der Waals surface area contributed by atoms with E-state index in [-0.39, 0.29) is 29.9 Å². The Labute approximate surface area is 200 Å². The summed E-state index contributed by atoms with van der Waals surface area (Å²) < 4.78 is 5.10. The van der Waals surface area contributed by atoms with Crippen LogP contribution in [-0.2, 0) is 6.42 Å². The maximum absolute atomic E-state index is 12.2. The van der Waals surface area contributed by atoms with Gasteiger partial charge in [0, 0.05) is 49.3 Å². The monoisotopic (exact) mass is 535 g/mol. The Hall–Kier alpha value is -2.75. The average molecular weight is 535 g/mol. The Kier molecular flexibility index (Phi) is 9.64. The fraction of sp³-hybridized carbons (Fsp3) is 0.304. The molecule has 1 heterocycles. The van der Waals surface area contributed by atoms with E-state index in [1.807, 2.05) is 0 Å². The van der Waals surface area contributed by atoms with Gasteiger partial charge in [0.15, 0.2) is 5.96 Å². The van der Waals surface area contributed by atoms with E-state index >= 15 is 0 Å². The lowest BCUT2D eigenvalue weighted by atomic mass is 10.1. The zero-order valence-corrected chi connectivity index (χ0v) is 20.4. The standard InChI is InChI=1S/C23H29N5O2.HI/c1-16-4-9-20-18(15-28-21(20)14-16)10-11-26-23(24-2)27-13-12-25-22(29)17-5-7-19(30-3)8-6-17;/h4-9,14-15,28H,10-13H2,1-3H3,(H,25,29)(H2,24,26,27);1H. The van der Waals surface area contributed by atoms with E-state index in [0.717, 1.165) is 18.7 Å². The number of carbonyl (C=O) groups is 1. The molecule has 0 atom stereocenters. The van der Waals surface area contributed by atoms with Gasteiger partial charge in [0.25, 0.3) is 5.91 Å². The van der Waals surface area contributed by atoms with Gasteiger partial charge < -0.3 is 25.7 Å². The topological polar surface area (TPSA) is 90.5 Å². The van der Waals surface area contributed by atoms with Gasteiger partial charge in [-0.25, -0.2) is 0 Å². The van der Waals surface area contributed by atoms with Gasteiger partial charge in [-0.2, -0.15) is 0 Å². The number of fused-ring (bicyclic) bond motifs is 1. The number of hydrogen-bond donors (Lipinski definition) is 4. The van der Waals surface area contributed by atoms with Crippen LogP contribution in [0.2, 0.25) is 0 Å². The summed E-state index contributed by atoms with van der Waals surface area (Å²) in [6.07, 6.45) is 2.95. The van der Waals surface area contributed by atoms with Gasteiger partial charge in [0.1, 0.15) is 5.75 Å². The first-order valence-corrected chi connectivity index (χ1v) is 10.0. The van der Waals surface area contributed by atoms with Crippen LogP contribution in [0.5, 0.6) is 5.75 Å². The number of aromatic nitrogens is 1. The van der Waals surface area contributed by atoms with Crippen LogP contribution in [0.3, 0.4) is 0 Å². The molecule has 0 aliphatic rings. The predicted molar refractivity (Wildman–Crippen MR) is 137 cm³/mol. The van der Waals surface area contributed by atoms with Crippen molar-refractivity contribution >= 4 is 46.7 Å². The molecule has 1 amide bonds. The second-order valence-electron chi connectivity index (χ2n) is 7.02. The zero-order valence-electron chi connectivity index (χ0n) is 18.1. The molecular weight excluding hydrogens is 505 g/mol. The van der Waals surface area contributed by atoms with E-state index in [1.165, 1.54) is 22.0 Å². The third-order valence-electron chi connectivity index (χ3n) is 4.89. The predicted octanol–water partition coefficient (Wildman–Crippen LogP) is 3.24. The van der Waals surface area contributed by atoms with Crippen molar-refractivity contribution in [2.75, 3.05) is 33.8 Å². The molecule has 31 heavy (non-hydrogen) atoms. The highest BCUT2D eigenvalue weighted by molar-refractivity contribution is 14.0. The number of guanidine groups is 1. The summed E-state index contributed by atoms with van der Waals surface area (Å²) in [6.45, 7) is 3.93. The number of ether oxygens (including phenoxy) is 1. The average Bonchev–Trinajstić information content (AvgIpc) is 3.17. The van der Waals surface area contributed by atoms with E-state index in [2.05, 4.69) is 57.2 Å². The highest BCUT2D eigenvalue weighted by atomic mass is 127. The SMILES string of the molecule is CN=C(NCCNC(=O)c1ccc(OC)cc1)NCCc1c[nH]c2cc(C)ccc12.I. The number of methoxy groups -OCH3 is 1. The Bertz CT molecular complexity index is 1010. The number of halogens is 1. The quantitative estimate of drug-likeness (QED) is 0.154. The Morgan fingerprint density at radius 2 is 1.74 bits per heavy atom. The van der Waals surface area contributed by atoms with E-state index in [0.29, 0.717) is 24.6 Å². The number of carbonyl (C=O) groups excluding carboxylic acids is 1. The molecule has 1 aromatic heterocycles. The van der Waals surface area contributed by atoms with Crippen molar-refractivity contribution in [3.05, 3.63) is 65.4 Å². The molecule has 0 fully saturated rings. The second-order valence-corrected chi connectivity index (χ2v) is 7.02. The molecule has 0 radical (unpaired) electrons. The van der Waals surface area contributed by atoms with Gasteiger partial charge in [-0.05, 0) is 54.8 Å². The summed E-state index contributed by atoms with van der Waals surface area (Å²) in [7, 11) is 3.34. The summed E-state index contributed by atoms with van der Waals surface area (Å²) in [6, 6.07) is 13.5. The van der Waals surface area contributed by atoms with Crippen molar-refractivity contribution in [2.45, 2.75) is 13.3 Å². The molecule has 0 aliphatic heterocycles. The summed E-state index contributed by atoms with van der Waals surface area (Å²) in [5.41, 5.74) is 4.30. The van der Waals surface area contributed by atoms with Crippen LogP contribution in [0.4, 0.5) is 0 Å². The number of aromatic amines is 1. The number of aliphatic imine (C=N–C) groups is 1. The summed E-state index contributed by atoms with van der Waals surface area (Å²) in [4.78, 5) is 19.7. The number of H-pyrrole nitrogens is 1. The van der Waals surface area contributed by atoms with Crippen LogP contribution >= 0.6 is 24.0 Å². The van der Waals surface area contributed by atoms with Gasteiger partial charge in [-0.1, -0.05) is 12.1 Å². The molecule has 0 saturated heterocycles. The van der Waals surface area contributed by atoms with Crippen LogP contribution < -0.4 is 20.7 Å². The van der Waals surface area contributed by atoms with E-state index in [4.69, 9.17) is 4.74 Å². The molecule has 4 N–H and O–H groups in total. The first-order chi connectivity index (χ1) is 14.6. The van der Waals surface area contributed by atoms with Crippen LogP contribution in [0.25, 0.3) is 10.9 Å². The normalized spacial score (nSPS) is 11.0. The Morgan fingerprint density at radius 1 is 1.03 bits per heavy atom. The molecule has 3 rings (SSSR count). The molecule has 2 aromatic carbocycles. The lowest BCUT2D eigenvalue weighted by molar-refractivity contribution is 0.0954. The highest BCUT2D eigenvalue weighted by Gasteiger charge is 2.06. The van der Waals surface area contributed by atoms with E-state index in [1.54, 1.807) is 38.4 Å². The number of hydrogen-bond acceptors (Lipinski definition) is 3. The van der Waals surface area contributed by atoms with Crippen LogP contribution in [0.15, 0.2) is 53.7 Å². The van der Waals surface area contributed by atoms with Crippen molar-refractivity contribution in [2.24, 2.45) is 4.99 Å². The van der Waals surface area contributed by atoms with Crippen molar-refractivity contribution in [3.63, 3.8) is 0 Å². The minimum Gasteiger partial charge on any atom is -0.497 e. The molecule has 0 aliphatic carbocycles. The number of nitrogens with zero attached hydrogens (tertiary/aromatic N) is 1. The van der Waals surface area contributed by atoms with Crippen LogP contribution in [0.1, 0.15) is 21.5 Å². The van der Waals surface area contributed by atoms with Gasteiger partial charge in [0.2, 0.25) is 0 Å². The van der Waals surface area contributed by atoms with Gasteiger partial charge in [-0.3, -0.25) is 9.79 Å². The maximum atomic E-state index is 12.2. The largest absolute Gasteiger partial charge is 0.497 e. The fourth-order valence-electron chi connectivity index (χ4n) is 3.24. The number of nitrogens with one attached hydrogen (secondary N) is 4. The molecular formula is C23H30IN5O2. The fourth-order valence-corrected chi connectivity index (χ4v) is 3.24. The molecule has 7 nitrogen and oxygen atoms in total. The summed E-state index contributed by atoms with van der Waals surface area (Å²) in [5.74, 6) is 1.33. The Morgan fingerprint density at radius 3 is 2.45 bits per heavy atom. The zero-order chi connectivity index (χ0) is 21.3. The number of rotatable bonds is 8. The van der Waals surface area contributed by atoms with Gasteiger partial charge in [0.05, 0.1) is 7.11 Å². The lowest BCUT2D eigenvalue weighted by Crippen LogP contribution is -2.42. The minimum absolute atomic E-state index is 0. The molecule has 0 spiro atoms. The summed E-state index contributed by atoms with van der Waals surface area (Å²) in [5, 5.41) is 10.7. The lowest BCUT2D eigenvalue weighted by Gasteiger charge is -2.12. The maximum Gasteiger partial charge on any atom is 0.251 e. The molecule has 0 saturated carbocycles. The first-order valence-electron chi connectivity index (χ1n) is 10.0. The number of aryl methyl sites for hydroxylation is 1. The highest BCUT2D eigenvalue weighted by Crippen LogP contribution is 2.19. The van der Waals surface area contributed by atoms with Crippen molar-refractivity contribution in [3.8, 4) is 5.75 Å². The number of benzene rings is 2. The van der Waals surface area contributed by atoms with Crippen molar-refractivity contribution < 1.29 is 9.53 Å². The minimum atomic E-state index is -0.114. The van der Waals surface area contributed by atoms with Gasteiger partial charge >= 0.3 is 0 Å². The van der Waals surface area contributed by atoms with E-state index in [9.17, 15) is 4.79 Å². The van der Waals surface area contributed by atoms with Gasteiger partial charge in [-0.15, -0.1) is 24.0 Å². The molecule has 0 bridgehead atoms. The third-order valence-corrected chi connectivity index (χ3v) is 4.89. The molecule has 8 heteroatoms. The van der Waals surface area contributed by atoms with Crippen molar-refractivity contribution in [1.82, 2.24) is 20.9 Å². The number of amides is 1. The van der Waals surface area contributed by atoms with Crippen LogP contribution in [0, 0.1) is 6.92 Å². The van der Waals surface area contributed by atoms with Crippen LogP contribution in [-0.4, -0.2) is 50.6 Å². The molecule has 3 aromatic rings. The second kappa shape index (κ2) is 12.2. The molecule has 0 unspecified atom stereocenters. The first kappa shape index (κ1) is 24.5.